The van der Waals surface area contributed by atoms with Crippen molar-refractivity contribution >= 4 is 21.6 Å². The first kappa shape index (κ1) is 17.7. The lowest BCUT2D eigenvalue weighted by molar-refractivity contribution is -0.0381. The molecule has 2 heterocycles. The molecule has 0 aliphatic carbocycles. The van der Waals surface area contributed by atoms with Gasteiger partial charge in [0.05, 0.1) is 25.9 Å². The monoisotopic (exact) mass is 417 g/mol. The molecule has 2 aromatic carbocycles. The van der Waals surface area contributed by atoms with Crippen molar-refractivity contribution in [3.63, 3.8) is 0 Å². The van der Waals surface area contributed by atoms with Gasteiger partial charge in [0, 0.05) is 28.2 Å². The van der Waals surface area contributed by atoms with Gasteiger partial charge in [-0.25, -0.2) is 0 Å². The van der Waals surface area contributed by atoms with Crippen LogP contribution in [0, 0.1) is 5.92 Å². The number of hydrogen-bond donors (Lipinski definition) is 1. The lowest BCUT2D eigenvalue weighted by Crippen LogP contribution is -2.36. The Morgan fingerprint density at radius 3 is 2.88 bits per heavy atom. The Bertz CT molecular complexity index is 795. The molecule has 2 aliphatic rings. The van der Waals surface area contributed by atoms with E-state index in [0.29, 0.717) is 12.5 Å². The molecule has 0 aromatic heterocycles. The van der Waals surface area contributed by atoms with Crippen molar-refractivity contribution in [2.24, 2.45) is 5.92 Å². The van der Waals surface area contributed by atoms with E-state index in [0.717, 1.165) is 41.1 Å². The van der Waals surface area contributed by atoms with Gasteiger partial charge in [0.1, 0.15) is 0 Å². The quantitative estimate of drug-likeness (QED) is 0.713. The van der Waals surface area contributed by atoms with E-state index in [1.54, 1.807) is 7.11 Å². The van der Waals surface area contributed by atoms with Crippen molar-refractivity contribution in [3.05, 3.63) is 52.0 Å². The number of hydrogen-bond acceptors (Lipinski definition) is 4. The Labute approximate surface area is 163 Å². The van der Waals surface area contributed by atoms with E-state index in [1.165, 1.54) is 11.1 Å². The van der Waals surface area contributed by atoms with Crippen LogP contribution in [0.1, 0.15) is 43.0 Å². The van der Waals surface area contributed by atoms with Crippen LogP contribution in [0.5, 0.6) is 11.5 Å². The molecule has 1 saturated heterocycles. The maximum atomic E-state index is 6.22. The van der Waals surface area contributed by atoms with Gasteiger partial charge in [-0.3, -0.25) is 0 Å². The zero-order valence-corrected chi connectivity index (χ0v) is 16.7. The summed E-state index contributed by atoms with van der Waals surface area (Å²) >= 11 is 3.60. The molecule has 1 fully saturated rings. The average Bonchev–Trinajstić information content (AvgIpc) is 2.68. The van der Waals surface area contributed by atoms with Gasteiger partial charge in [-0.15, -0.1) is 0 Å². The molecule has 3 atom stereocenters. The maximum Gasteiger partial charge on any atom is 0.161 e. The van der Waals surface area contributed by atoms with Crippen LogP contribution in [0.4, 0.5) is 5.69 Å². The molecule has 4 rings (SSSR count). The SMILES string of the molecule is CCOc1cc([C@H]2Nc3ccc(Br)cc3[C@H]3OCCC[C@@H]23)ccc1OC. The second-order valence-corrected chi connectivity index (χ2v) is 7.71. The van der Waals surface area contributed by atoms with Crippen molar-refractivity contribution in [1.29, 1.82) is 0 Å². The van der Waals surface area contributed by atoms with E-state index in [9.17, 15) is 0 Å². The highest BCUT2D eigenvalue weighted by atomic mass is 79.9. The van der Waals surface area contributed by atoms with E-state index in [1.807, 2.05) is 13.0 Å². The third kappa shape index (κ3) is 3.19. The number of ether oxygens (including phenoxy) is 3. The topological polar surface area (TPSA) is 39.7 Å². The number of fused-ring (bicyclic) bond motifs is 3. The molecule has 1 N–H and O–H groups in total. The van der Waals surface area contributed by atoms with Crippen molar-refractivity contribution in [3.8, 4) is 11.5 Å². The van der Waals surface area contributed by atoms with Gasteiger partial charge in [0.2, 0.25) is 0 Å². The fourth-order valence-electron chi connectivity index (χ4n) is 4.13. The van der Waals surface area contributed by atoms with E-state index >= 15 is 0 Å². The molecule has 5 heteroatoms. The molecule has 0 amide bonds. The number of halogens is 1. The number of methoxy groups -OCH3 is 1. The predicted octanol–water partition coefficient (Wildman–Crippen LogP) is 5.49. The van der Waals surface area contributed by atoms with Crippen LogP contribution in [-0.2, 0) is 4.74 Å². The lowest BCUT2D eigenvalue weighted by Gasteiger charge is -2.43. The number of benzene rings is 2. The summed E-state index contributed by atoms with van der Waals surface area (Å²) < 4.78 is 18.5. The second kappa shape index (κ2) is 7.49. The minimum absolute atomic E-state index is 0.125. The lowest BCUT2D eigenvalue weighted by atomic mass is 9.77. The van der Waals surface area contributed by atoms with E-state index in [4.69, 9.17) is 14.2 Å². The molecule has 0 unspecified atom stereocenters. The zero-order chi connectivity index (χ0) is 18.1. The molecule has 2 aliphatic heterocycles. The molecule has 138 valence electrons. The van der Waals surface area contributed by atoms with Crippen LogP contribution in [0.2, 0.25) is 0 Å². The van der Waals surface area contributed by atoms with E-state index in [2.05, 4.69) is 51.6 Å². The largest absolute Gasteiger partial charge is 0.493 e. The Kier molecular flexibility index (Phi) is 5.09. The average molecular weight is 418 g/mol. The molecule has 0 radical (unpaired) electrons. The van der Waals surface area contributed by atoms with Crippen LogP contribution >= 0.6 is 15.9 Å². The highest BCUT2D eigenvalue weighted by Gasteiger charge is 2.40. The van der Waals surface area contributed by atoms with E-state index in [-0.39, 0.29) is 12.1 Å². The van der Waals surface area contributed by atoms with Crippen LogP contribution in [0.3, 0.4) is 0 Å². The fourth-order valence-corrected chi connectivity index (χ4v) is 4.51. The van der Waals surface area contributed by atoms with Crippen LogP contribution in [0.25, 0.3) is 0 Å². The van der Waals surface area contributed by atoms with Gasteiger partial charge in [-0.1, -0.05) is 22.0 Å². The first-order valence-electron chi connectivity index (χ1n) is 9.19. The minimum Gasteiger partial charge on any atom is -0.493 e. The van der Waals surface area contributed by atoms with Crippen molar-refractivity contribution in [2.45, 2.75) is 31.9 Å². The molecular formula is C21H24BrNO3. The third-order valence-corrected chi connectivity index (χ3v) is 5.77. The smallest absolute Gasteiger partial charge is 0.161 e. The van der Waals surface area contributed by atoms with Gasteiger partial charge in [-0.05, 0) is 55.7 Å². The molecular weight excluding hydrogens is 394 g/mol. The summed E-state index contributed by atoms with van der Waals surface area (Å²) in [6, 6.07) is 12.8. The van der Waals surface area contributed by atoms with Crippen molar-refractivity contribution in [2.75, 3.05) is 25.6 Å². The van der Waals surface area contributed by atoms with Crippen LogP contribution in [0.15, 0.2) is 40.9 Å². The summed E-state index contributed by atoms with van der Waals surface area (Å²) in [5.41, 5.74) is 3.61. The number of rotatable bonds is 4. The summed E-state index contributed by atoms with van der Waals surface area (Å²) in [5.74, 6) is 1.96. The molecule has 2 aromatic rings. The fraction of sp³-hybridized carbons (Fsp3) is 0.429. The highest BCUT2D eigenvalue weighted by molar-refractivity contribution is 9.10. The minimum atomic E-state index is 0.125. The second-order valence-electron chi connectivity index (χ2n) is 6.79. The summed E-state index contributed by atoms with van der Waals surface area (Å²) in [5, 5.41) is 3.75. The van der Waals surface area contributed by atoms with Crippen molar-refractivity contribution < 1.29 is 14.2 Å². The Morgan fingerprint density at radius 1 is 1.19 bits per heavy atom. The molecule has 0 saturated carbocycles. The van der Waals surface area contributed by atoms with E-state index < -0.39 is 0 Å². The Balaban J connectivity index is 1.74. The summed E-state index contributed by atoms with van der Waals surface area (Å²) in [7, 11) is 1.68. The molecule has 0 spiro atoms. The normalized spacial score (nSPS) is 24.2. The third-order valence-electron chi connectivity index (χ3n) is 5.27. The Morgan fingerprint density at radius 2 is 2.08 bits per heavy atom. The summed E-state index contributed by atoms with van der Waals surface area (Å²) in [6.07, 6.45) is 2.36. The predicted molar refractivity (Wildman–Crippen MR) is 106 cm³/mol. The van der Waals surface area contributed by atoms with Gasteiger partial charge in [0.15, 0.2) is 11.5 Å². The van der Waals surface area contributed by atoms with Crippen LogP contribution < -0.4 is 14.8 Å². The maximum absolute atomic E-state index is 6.22. The summed E-state index contributed by atoms with van der Waals surface area (Å²) in [6.45, 7) is 3.43. The van der Waals surface area contributed by atoms with Gasteiger partial charge < -0.3 is 19.5 Å². The molecule has 0 bridgehead atoms. The van der Waals surface area contributed by atoms with Crippen molar-refractivity contribution in [1.82, 2.24) is 0 Å². The van der Waals surface area contributed by atoms with Gasteiger partial charge in [0.25, 0.3) is 0 Å². The first-order valence-corrected chi connectivity index (χ1v) is 9.99. The molecule has 4 nitrogen and oxygen atoms in total. The first-order chi connectivity index (χ1) is 12.7. The Hall–Kier alpha value is -1.72. The van der Waals surface area contributed by atoms with Gasteiger partial charge in [-0.2, -0.15) is 0 Å². The highest BCUT2D eigenvalue weighted by Crippen LogP contribution is 2.50. The standard InChI is InChI=1S/C21H24BrNO3/c1-3-25-19-11-13(6-9-18(19)24-2)20-15-5-4-10-26-21(15)16-12-14(22)7-8-17(16)23-20/h6-9,11-12,15,20-21,23H,3-5,10H2,1-2H3/t15-,20+,21-/m0/s1. The number of nitrogens with one attached hydrogen (secondary N) is 1. The van der Waals surface area contributed by atoms with Gasteiger partial charge >= 0.3 is 0 Å². The van der Waals surface area contributed by atoms with Crippen LogP contribution in [-0.4, -0.2) is 20.3 Å². The zero-order valence-electron chi connectivity index (χ0n) is 15.1. The summed E-state index contributed by atoms with van der Waals surface area (Å²) in [4.78, 5) is 0. The number of anilines is 1. The molecule has 26 heavy (non-hydrogen) atoms.